The summed E-state index contributed by atoms with van der Waals surface area (Å²) in [6.07, 6.45) is 4.02. The third kappa shape index (κ3) is 3.50. The van der Waals surface area contributed by atoms with Crippen LogP contribution in [0.1, 0.15) is 57.2 Å². The third-order valence-corrected chi connectivity index (χ3v) is 4.57. The molecule has 1 aromatic carbocycles. The van der Waals surface area contributed by atoms with Gasteiger partial charge in [-0.15, -0.1) is 0 Å². The highest BCUT2D eigenvalue weighted by molar-refractivity contribution is 5.37. The zero-order chi connectivity index (χ0) is 14.0. The van der Waals surface area contributed by atoms with Gasteiger partial charge >= 0.3 is 0 Å². The van der Waals surface area contributed by atoms with Crippen molar-refractivity contribution >= 4 is 0 Å². The number of ether oxygens (including phenoxy) is 1. The molecule has 0 spiro atoms. The van der Waals surface area contributed by atoms with Gasteiger partial charge in [0, 0.05) is 6.04 Å². The number of aryl methyl sites for hydroxylation is 1. The summed E-state index contributed by atoms with van der Waals surface area (Å²) in [5, 5.41) is 0. The van der Waals surface area contributed by atoms with Gasteiger partial charge in [0.1, 0.15) is 5.75 Å². The number of rotatable bonds is 3. The highest BCUT2D eigenvalue weighted by atomic mass is 16.5. The predicted molar refractivity (Wildman–Crippen MR) is 80.4 cm³/mol. The second kappa shape index (κ2) is 5.96. The molecule has 0 aliphatic heterocycles. The van der Waals surface area contributed by atoms with Crippen LogP contribution in [0, 0.1) is 18.8 Å². The summed E-state index contributed by atoms with van der Waals surface area (Å²) in [5.41, 5.74) is 8.28. The smallest absolute Gasteiger partial charge is 0.122 e. The number of hydrogen-bond acceptors (Lipinski definition) is 2. The molecule has 1 aromatic rings. The van der Waals surface area contributed by atoms with Gasteiger partial charge in [-0.1, -0.05) is 26.0 Å². The lowest BCUT2D eigenvalue weighted by molar-refractivity contribution is 0.0999. The molecule has 1 aliphatic rings. The first-order valence-electron chi connectivity index (χ1n) is 7.50. The number of nitrogens with two attached hydrogens (primary N) is 1. The summed E-state index contributed by atoms with van der Waals surface area (Å²) in [6, 6.07) is 6.40. The summed E-state index contributed by atoms with van der Waals surface area (Å²) in [4.78, 5) is 0. The predicted octanol–water partition coefficient (Wildman–Crippen LogP) is 4.22. The van der Waals surface area contributed by atoms with Gasteiger partial charge in [0.05, 0.1) is 6.10 Å². The highest BCUT2D eigenvalue weighted by Crippen LogP contribution is 2.33. The molecule has 19 heavy (non-hydrogen) atoms. The van der Waals surface area contributed by atoms with Crippen LogP contribution in [-0.4, -0.2) is 6.10 Å². The van der Waals surface area contributed by atoms with Crippen molar-refractivity contribution in [2.75, 3.05) is 0 Å². The third-order valence-electron chi connectivity index (χ3n) is 4.57. The van der Waals surface area contributed by atoms with Crippen molar-refractivity contribution in [3.63, 3.8) is 0 Å². The van der Waals surface area contributed by atoms with E-state index < -0.39 is 0 Å². The zero-order valence-electron chi connectivity index (χ0n) is 12.6. The molecular formula is C17H27NO. The first-order valence-corrected chi connectivity index (χ1v) is 7.50. The Kier molecular flexibility index (Phi) is 4.51. The van der Waals surface area contributed by atoms with Crippen molar-refractivity contribution in [3.8, 4) is 5.75 Å². The number of hydrogen-bond donors (Lipinski definition) is 1. The Morgan fingerprint density at radius 1 is 1.21 bits per heavy atom. The molecule has 2 rings (SSSR count). The number of benzene rings is 1. The van der Waals surface area contributed by atoms with E-state index in [-0.39, 0.29) is 6.04 Å². The quantitative estimate of drug-likeness (QED) is 0.884. The first kappa shape index (κ1) is 14.4. The van der Waals surface area contributed by atoms with Crippen LogP contribution >= 0.6 is 0 Å². The van der Waals surface area contributed by atoms with E-state index in [0.717, 1.165) is 17.6 Å². The molecule has 0 heterocycles. The summed E-state index contributed by atoms with van der Waals surface area (Å²) >= 11 is 0. The van der Waals surface area contributed by atoms with E-state index >= 15 is 0 Å². The zero-order valence-corrected chi connectivity index (χ0v) is 12.6. The maximum absolute atomic E-state index is 6.20. The van der Waals surface area contributed by atoms with Crippen LogP contribution in [0.4, 0.5) is 0 Å². The fourth-order valence-electron chi connectivity index (χ4n) is 2.87. The van der Waals surface area contributed by atoms with Crippen molar-refractivity contribution in [1.82, 2.24) is 0 Å². The largest absolute Gasteiger partial charge is 0.490 e. The van der Waals surface area contributed by atoms with Crippen LogP contribution in [0.5, 0.6) is 5.75 Å². The molecule has 1 aliphatic carbocycles. The lowest BCUT2D eigenvalue weighted by Gasteiger charge is -2.32. The molecule has 2 N–H and O–H groups in total. The molecule has 4 atom stereocenters. The minimum Gasteiger partial charge on any atom is -0.490 e. The molecule has 0 bridgehead atoms. The molecule has 106 valence electrons. The average molecular weight is 261 g/mol. The minimum absolute atomic E-state index is 0.0864. The summed E-state index contributed by atoms with van der Waals surface area (Å²) in [5.74, 6) is 2.62. The average Bonchev–Trinajstić information content (AvgIpc) is 2.36. The Morgan fingerprint density at radius 3 is 2.53 bits per heavy atom. The van der Waals surface area contributed by atoms with E-state index in [1.807, 2.05) is 6.92 Å². The van der Waals surface area contributed by atoms with Crippen LogP contribution in [-0.2, 0) is 0 Å². The normalized spacial score (nSPS) is 29.0. The highest BCUT2D eigenvalue weighted by Gasteiger charge is 2.26. The SMILES string of the molecule is Cc1cc([C@@H](C)N)ccc1OC1CCC(C)C(C)C1. The van der Waals surface area contributed by atoms with E-state index in [1.165, 1.54) is 30.4 Å². The standard InChI is InChI=1S/C17H27NO/c1-11-5-7-16(10-12(11)2)19-17-8-6-15(14(4)18)9-13(17)3/h6,8-9,11-12,14,16H,5,7,10,18H2,1-4H3/t11?,12?,14-,16?/m1/s1. The molecule has 0 aromatic heterocycles. The lowest BCUT2D eigenvalue weighted by atomic mass is 9.80. The van der Waals surface area contributed by atoms with Gasteiger partial charge in [-0.25, -0.2) is 0 Å². The van der Waals surface area contributed by atoms with Crippen molar-refractivity contribution < 1.29 is 4.74 Å². The molecule has 3 unspecified atom stereocenters. The van der Waals surface area contributed by atoms with Gasteiger partial charge in [0.15, 0.2) is 0 Å². The Labute approximate surface area is 117 Å². The molecule has 0 radical (unpaired) electrons. The second-order valence-electron chi connectivity index (χ2n) is 6.32. The molecule has 0 amide bonds. The molecule has 2 heteroatoms. The fourth-order valence-corrected chi connectivity index (χ4v) is 2.87. The van der Waals surface area contributed by atoms with Crippen molar-refractivity contribution in [2.45, 2.75) is 59.1 Å². The lowest BCUT2D eigenvalue weighted by Crippen LogP contribution is -2.29. The van der Waals surface area contributed by atoms with Crippen LogP contribution in [0.2, 0.25) is 0 Å². The monoisotopic (exact) mass is 261 g/mol. The van der Waals surface area contributed by atoms with Crippen molar-refractivity contribution in [1.29, 1.82) is 0 Å². The van der Waals surface area contributed by atoms with Crippen molar-refractivity contribution in [2.24, 2.45) is 17.6 Å². The molecule has 1 fully saturated rings. The van der Waals surface area contributed by atoms with E-state index in [0.29, 0.717) is 6.10 Å². The maximum atomic E-state index is 6.20. The Bertz CT molecular complexity index is 427. The minimum atomic E-state index is 0.0864. The first-order chi connectivity index (χ1) is 8.97. The maximum Gasteiger partial charge on any atom is 0.122 e. The van der Waals surface area contributed by atoms with Crippen LogP contribution in [0.3, 0.4) is 0 Å². The van der Waals surface area contributed by atoms with Gasteiger partial charge < -0.3 is 10.5 Å². The van der Waals surface area contributed by atoms with Gasteiger partial charge in [0.25, 0.3) is 0 Å². The van der Waals surface area contributed by atoms with Crippen LogP contribution in [0.25, 0.3) is 0 Å². The molecule has 1 saturated carbocycles. The second-order valence-corrected chi connectivity index (χ2v) is 6.32. The van der Waals surface area contributed by atoms with Crippen LogP contribution < -0.4 is 10.5 Å². The van der Waals surface area contributed by atoms with E-state index in [2.05, 4.69) is 39.0 Å². The van der Waals surface area contributed by atoms with E-state index in [1.54, 1.807) is 0 Å². The molecule has 2 nitrogen and oxygen atoms in total. The van der Waals surface area contributed by atoms with Gasteiger partial charge in [-0.3, -0.25) is 0 Å². The Balaban J connectivity index is 2.03. The van der Waals surface area contributed by atoms with E-state index in [9.17, 15) is 0 Å². The van der Waals surface area contributed by atoms with Gasteiger partial charge in [-0.05, 0) is 62.1 Å². The topological polar surface area (TPSA) is 35.2 Å². The Hall–Kier alpha value is -1.02. The summed E-state index contributed by atoms with van der Waals surface area (Å²) in [7, 11) is 0. The van der Waals surface area contributed by atoms with E-state index in [4.69, 9.17) is 10.5 Å². The fraction of sp³-hybridized carbons (Fsp3) is 0.647. The summed E-state index contributed by atoms with van der Waals surface area (Å²) in [6.45, 7) is 8.81. The summed E-state index contributed by atoms with van der Waals surface area (Å²) < 4.78 is 6.20. The Morgan fingerprint density at radius 2 is 1.95 bits per heavy atom. The van der Waals surface area contributed by atoms with Gasteiger partial charge in [0.2, 0.25) is 0 Å². The van der Waals surface area contributed by atoms with Gasteiger partial charge in [-0.2, -0.15) is 0 Å². The van der Waals surface area contributed by atoms with Crippen molar-refractivity contribution in [3.05, 3.63) is 29.3 Å². The van der Waals surface area contributed by atoms with Crippen LogP contribution in [0.15, 0.2) is 18.2 Å². The molecule has 0 saturated heterocycles. The molecular weight excluding hydrogens is 234 g/mol.